The van der Waals surface area contributed by atoms with Crippen molar-refractivity contribution in [1.82, 2.24) is 0 Å². The second kappa shape index (κ2) is 9.61. The fourth-order valence-electron chi connectivity index (χ4n) is 4.60. The Morgan fingerprint density at radius 1 is 0.517 bits per heavy atom. The average molecular weight is 497 g/mol. The Kier molecular flexibility index (Phi) is 7.91. The topological polar surface area (TPSA) is 0 Å². The maximum Gasteiger partial charge on any atom is 2.00 e. The number of hydrogen-bond donors (Lipinski definition) is 0. The molecule has 3 heteroatoms. The first-order chi connectivity index (χ1) is 12.7. The normalized spacial score (nSPS) is 18.3. The van der Waals surface area contributed by atoms with Crippen molar-refractivity contribution >= 4 is 23.3 Å². The summed E-state index contributed by atoms with van der Waals surface area (Å²) in [6, 6.07) is 26.5. The molecule has 3 aromatic rings. The number of rotatable bonds is 2. The Labute approximate surface area is 205 Å². The summed E-state index contributed by atoms with van der Waals surface area (Å²) in [6.45, 7) is 4.66. The summed E-state index contributed by atoms with van der Waals surface area (Å²) in [4.78, 5) is 0. The van der Waals surface area contributed by atoms with Crippen molar-refractivity contribution in [2.45, 2.75) is 25.7 Å². The Balaban J connectivity index is 0.000001000. The SMILES string of the molecule is CC1C(c2ccccc2C2=Cc3ccccc3C2C)=Cc2ccccc21.[Cl-].[Cl-].[Zr+2]. The predicted octanol–water partition coefficient (Wildman–Crippen LogP) is 1.01. The first-order valence-electron chi connectivity index (χ1n) is 9.45. The summed E-state index contributed by atoms with van der Waals surface area (Å²) in [7, 11) is 0. The van der Waals surface area contributed by atoms with Gasteiger partial charge in [0.25, 0.3) is 0 Å². The minimum atomic E-state index is 0. The van der Waals surface area contributed by atoms with Crippen molar-refractivity contribution < 1.29 is 51.0 Å². The van der Waals surface area contributed by atoms with E-state index in [9.17, 15) is 0 Å². The van der Waals surface area contributed by atoms with Crippen LogP contribution < -0.4 is 24.8 Å². The van der Waals surface area contributed by atoms with Crippen LogP contribution in [0.4, 0.5) is 0 Å². The van der Waals surface area contributed by atoms with Crippen LogP contribution in [0, 0.1) is 0 Å². The van der Waals surface area contributed by atoms with Gasteiger partial charge in [-0.1, -0.05) is 98.8 Å². The first kappa shape index (κ1) is 23.9. The van der Waals surface area contributed by atoms with Gasteiger partial charge in [-0.25, -0.2) is 0 Å². The zero-order valence-electron chi connectivity index (χ0n) is 16.5. The van der Waals surface area contributed by atoms with Crippen molar-refractivity contribution in [3.05, 3.63) is 106 Å². The molecule has 0 fully saturated rings. The van der Waals surface area contributed by atoms with Gasteiger partial charge in [0, 0.05) is 11.8 Å². The molecule has 2 unspecified atom stereocenters. The van der Waals surface area contributed by atoms with Gasteiger partial charge in [-0.2, -0.15) is 0 Å². The van der Waals surface area contributed by atoms with E-state index < -0.39 is 0 Å². The van der Waals surface area contributed by atoms with E-state index in [0.717, 1.165) is 0 Å². The summed E-state index contributed by atoms with van der Waals surface area (Å²) in [5.74, 6) is 0.874. The van der Waals surface area contributed by atoms with E-state index in [0.29, 0.717) is 11.8 Å². The summed E-state index contributed by atoms with van der Waals surface area (Å²) in [5, 5.41) is 0. The first-order valence-corrected chi connectivity index (χ1v) is 9.45. The van der Waals surface area contributed by atoms with E-state index in [1.54, 1.807) is 0 Å². The number of allylic oxidation sites excluding steroid dienone is 2. The minimum Gasteiger partial charge on any atom is -1.00 e. The molecule has 144 valence electrons. The van der Waals surface area contributed by atoms with Crippen molar-refractivity contribution in [3.8, 4) is 0 Å². The zero-order chi connectivity index (χ0) is 17.7. The largest absolute Gasteiger partial charge is 2.00 e. The number of hydrogen-bond acceptors (Lipinski definition) is 0. The van der Waals surface area contributed by atoms with Crippen LogP contribution in [-0.2, 0) is 26.2 Å². The van der Waals surface area contributed by atoms with Gasteiger partial charge in [-0.15, -0.1) is 0 Å². The smallest absolute Gasteiger partial charge is 1.00 e. The quantitative estimate of drug-likeness (QED) is 0.497. The van der Waals surface area contributed by atoms with Gasteiger partial charge in [0.2, 0.25) is 0 Å². The molecular formula is C26H22Cl2Zr. The van der Waals surface area contributed by atoms with Crippen LogP contribution in [0.5, 0.6) is 0 Å². The Morgan fingerprint density at radius 3 is 1.24 bits per heavy atom. The van der Waals surface area contributed by atoms with Gasteiger partial charge in [0.05, 0.1) is 0 Å². The molecule has 2 atom stereocenters. The van der Waals surface area contributed by atoms with Crippen molar-refractivity contribution in [2.75, 3.05) is 0 Å². The van der Waals surface area contributed by atoms with Crippen LogP contribution in [0.25, 0.3) is 23.3 Å². The molecule has 0 saturated heterocycles. The van der Waals surface area contributed by atoms with E-state index in [1.165, 1.54) is 44.5 Å². The van der Waals surface area contributed by atoms with Crippen molar-refractivity contribution in [1.29, 1.82) is 0 Å². The van der Waals surface area contributed by atoms with Crippen molar-refractivity contribution in [3.63, 3.8) is 0 Å². The summed E-state index contributed by atoms with van der Waals surface area (Å²) in [5.41, 5.74) is 11.2. The molecule has 5 rings (SSSR count). The summed E-state index contributed by atoms with van der Waals surface area (Å²) < 4.78 is 0. The van der Waals surface area contributed by atoms with Crippen LogP contribution in [0.15, 0.2) is 72.8 Å². The van der Waals surface area contributed by atoms with Crippen molar-refractivity contribution in [2.24, 2.45) is 0 Å². The Morgan fingerprint density at radius 2 is 0.862 bits per heavy atom. The minimum absolute atomic E-state index is 0. The fourth-order valence-corrected chi connectivity index (χ4v) is 4.60. The van der Waals surface area contributed by atoms with Crippen LogP contribution in [0.2, 0.25) is 0 Å². The van der Waals surface area contributed by atoms with E-state index in [-0.39, 0.29) is 51.0 Å². The van der Waals surface area contributed by atoms with Gasteiger partial charge in [0.1, 0.15) is 0 Å². The molecule has 0 aliphatic heterocycles. The number of fused-ring (bicyclic) bond motifs is 2. The number of halogens is 2. The molecule has 2 aliphatic carbocycles. The molecule has 0 amide bonds. The average Bonchev–Trinajstić information content (AvgIpc) is 3.20. The maximum atomic E-state index is 2.38. The molecule has 0 heterocycles. The molecule has 0 N–H and O–H groups in total. The van der Waals surface area contributed by atoms with E-state index in [4.69, 9.17) is 0 Å². The van der Waals surface area contributed by atoms with Crippen LogP contribution in [-0.4, -0.2) is 0 Å². The number of benzene rings is 3. The zero-order valence-corrected chi connectivity index (χ0v) is 20.5. The monoisotopic (exact) mass is 494 g/mol. The van der Waals surface area contributed by atoms with Gasteiger partial charge >= 0.3 is 26.2 Å². The molecule has 0 spiro atoms. The van der Waals surface area contributed by atoms with Gasteiger partial charge in [-0.05, 0) is 44.5 Å². The van der Waals surface area contributed by atoms with E-state index >= 15 is 0 Å². The van der Waals surface area contributed by atoms with Crippen LogP contribution in [0.3, 0.4) is 0 Å². The second-order valence-electron chi connectivity index (χ2n) is 7.45. The maximum absolute atomic E-state index is 2.38. The third kappa shape index (κ3) is 3.98. The molecule has 0 aromatic heterocycles. The van der Waals surface area contributed by atoms with Gasteiger partial charge < -0.3 is 24.8 Å². The predicted molar refractivity (Wildman–Crippen MR) is 112 cm³/mol. The Hall–Kier alpha value is -1.40. The summed E-state index contributed by atoms with van der Waals surface area (Å²) >= 11 is 0. The second-order valence-corrected chi connectivity index (χ2v) is 7.45. The standard InChI is InChI=1S/C26H22.2ClH.Zr/c1-17-21-11-5-3-9-19(21)15-25(17)23-13-7-8-14-24(23)26-16-20-10-4-6-12-22(20)18(26)2;;;/h3-18H,1-2H3;2*1H;/q;;;+2/p-2. The fraction of sp³-hybridized carbons (Fsp3) is 0.154. The van der Waals surface area contributed by atoms with Gasteiger partial charge in [0.15, 0.2) is 0 Å². The molecule has 0 radical (unpaired) electrons. The third-order valence-corrected chi connectivity index (χ3v) is 6.03. The molecule has 2 aliphatic rings. The molecular weight excluding hydrogens is 474 g/mol. The third-order valence-electron chi connectivity index (χ3n) is 6.03. The molecule has 3 aromatic carbocycles. The van der Waals surface area contributed by atoms with Gasteiger partial charge in [-0.3, -0.25) is 0 Å². The molecule has 0 nitrogen and oxygen atoms in total. The summed E-state index contributed by atoms with van der Waals surface area (Å²) in [6.07, 6.45) is 4.76. The van der Waals surface area contributed by atoms with Crippen LogP contribution >= 0.6 is 0 Å². The van der Waals surface area contributed by atoms with E-state index in [2.05, 4.69) is 98.8 Å². The molecule has 0 saturated carbocycles. The molecule has 29 heavy (non-hydrogen) atoms. The van der Waals surface area contributed by atoms with E-state index in [1.807, 2.05) is 0 Å². The molecule has 0 bridgehead atoms. The Bertz CT molecular complexity index is 995. The van der Waals surface area contributed by atoms with Crippen LogP contribution in [0.1, 0.15) is 59.1 Å².